The number of halogens is 2. The maximum absolute atomic E-state index is 12.0. The Labute approximate surface area is 125 Å². The van der Waals surface area contributed by atoms with Crippen molar-refractivity contribution in [2.24, 2.45) is 7.05 Å². The highest BCUT2D eigenvalue weighted by atomic mass is 35.5. The smallest absolute Gasteiger partial charge is 0.260 e. The number of H-pyrrole nitrogens is 1. The summed E-state index contributed by atoms with van der Waals surface area (Å²) in [5.41, 5.74) is 1.86. The number of aromatic nitrogens is 3. The number of nitrogens with one attached hydrogen (secondary N) is 1. The Morgan fingerprint density at radius 3 is 2.55 bits per heavy atom. The summed E-state index contributed by atoms with van der Waals surface area (Å²) in [6.07, 6.45) is 1.73. The van der Waals surface area contributed by atoms with Gasteiger partial charge in [0.2, 0.25) is 0 Å². The van der Waals surface area contributed by atoms with E-state index in [0.717, 1.165) is 5.69 Å². The van der Waals surface area contributed by atoms with Gasteiger partial charge in [0.05, 0.1) is 21.1 Å². The fourth-order valence-electron chi connectivity index (χ4n) is 2.34. The van der Waals surface area contributed by atoms with Gasteiger partial charge < -0.3 is 9.55 Å². The van der Waals surface area contributed by atoms with E-state index in [2.05, 4.69) is 9.97 Å². The van der Waals surface area contributed by atoms with Crippen LogP contribution in [0.4, 0.5) is 0 Å². The van der Waals surface area contributed by atoms with Crippen molar-refractivity contribution in [2.45, 2.75) is 6.92 Å². The summed E-state index contributed by atoms with van der Waals surface area (Å²) in [6, 6.07) is 5.31. The quantitative estimate of drug-likeness (QED) is 0.747. The highest BCUT2D eigenvalue weighted by Crippen LogP contribution is 2.37. The van der Waals surface area contributed by atoms with E-state index in [1.165, 1.54) is 0 Å². The average molecular weight is 308 g/mol. The molecular formula is C14H11Cl2N3O. The molecule has 3 rings (SSSR count). The monoisotopic (exact) mass is 307 g/mol. The van der Waals surface area contributed by atoms with E-state index in [9.17, 15) is 4.79 Å². The molecule has 0 unspecified atom stereocenters. The third-order valence-corrected chi connectivity index (χ3v) is 3.80. The maximum atomic E-state index is 12.0. The molecule has 4 nitrogen and oxygen atoms in total. The van der Waals surface area contributed by atoms with Crippen LogP contribution in [-0.4, -0.2) is 14.5 Å². The number of hydrogen-bond acceptors (Lipinski definition) is 2. The topological polar surface area (TPSA) is 50.7 Å². The first-order chi connectivity index (χ1) is 9.49. The van der Waals surface area contributed by atoms with Gasteiger partial charge in [0.25, 0.3) is 5.56 Å². The summed E-state index contributed by atoms with van der Waals surface area (Å²) in [5, 5.41) is 1.57. The Morgan fingerprint density at radius 1 is 1.25 bits per heavy atom. The Morgan fingerprint density at radius 2 is 1.90 bits per heavy atom. The van der Waals surface area contributed by atoms with Crippen molar-refractivity contribution in [3.63, 3.8) is 0 Å². The lowest BCUT2D eigenvalue weighted by Gasteiger charge is -2.08. The van der Waals surface area contributed by atoms with E-state index in [0.29, 0.717) is 32.3 Å². The lowest BCUT2D eigenvalue weighted by Crippen LogP contribution is -2.08. The van der Waals surface area contributed by atoms with Crippen molar-refractivity contribution in [2.75, 3.05) is 0 Å². The Bertz CT molecular complexity index is 860. The summed E-state index contributed by atoms with van der Waals surface area (Å²) in [7, 11) is 1.84. The average Bonchev–Trinajstić information content (AvgIpc) is 2.67. The Kier molecular flexibility index (Phi) is 3.07. The molecule has 0 saturated carbocycles. The molecule has 0 amide bonds. The number of fused-ring (bicyclic) bond motifs is 1. The van der Waals surface area contributed by atoms with Crippen LogP contribution >= 0.6 is 23.2 Å². The molecular weight excluding hydrogens is 297 g/mol. The van der Waals surface area contributed by atoms with Crippen LogP contribution < -0.4 is 5.56 Å². The van der Waals surface area contributed by atoms with Crippen LogP contribution in [0.25, 0.3) is 22.2 Å². The molecule has 102 valence electrons. The summed E-state index contributed by atoms with van der Waals surface area (Å²) in [5.74, 6) is 0.554. The van der Waals surface area contributed by atoms with Crippen molar-refractivity contribution < 1.29 is 0 Å². The van der Waals surface area contributed by atoms with E-state index < -0.39 is 0 Å². The normalized spacial score (nSPS) is 11.2. The van der Waals surface area contributed by atoms with Crippen LogP contribution in [0.3, 0.4) is 0 Å². The second-order valence-electron chi connectivity index (χ2n) is 4.60. The molecule has 0 aliphatic rings. The molecule has 0 spiro atoms. The van der Waals surface area contributed by atoms with Gasteiger partial charge in [-0.2, -0.15) is 0 Å². The van der Waals surface area contributed by atoms with Crippen molar-refractivity contribution >= 4 is 34.1 Å². The highest BCUT2D eigenvalue weighted by molar-refractivity contribution is 6.39. The fraction of sp³-hybridized carbons (Fsp3) is 0.143. The standard InChI is InChI=1S/C14H11Cl2N3O/c1-7-17-12-8(14(20)18-7)6-19(2)13(12)11-9(15)4-3-5-10(11)16/h3-6H,1-2H3,(H,17,18,20). The zero-order valence-electron chi connectivity index (χ0n) is 10.9. The Hall–Kier alpha value is -1.78. The molecule has 20 heavy (non-hydrogen) atoms. The molecule has 0 saturated heterocycles. The van der Waals surface area contributed by atoms with Gasteiger partial charge in [0.1, 0.15) is 11.3 Å². The molecule has 1 aromatic carbocycles. The molecule has 0 atom stereocenters. The number of hydrogen-bond donors (Lipinski definition) is 1. The van der Waals surface area contributed by atoms with Gasteiger partial charge in [0, 0.05) is 18.8 Å². The molecule has 0 aliphatic carbocycles. The van der Waals surface area contributed by atoms with E-state index in [-0.39, 0.29) is 5.56 Å². The molecule has 0 fully saturated rings. The predicted molar refractivity (Wildman–Crippen MR) is 81.5 cm³/mol. The van der Waals surface area contributed by atoms with E-state index in [1.807, 2.05) is 11.6 Å². The third-order valence-electron chi connectivity index (χ3n) is 3.17. The zero-order chi connectivity index (χ0) is 14.4. The van der Waals surface area contributed by atoms with E-state index in [1.54, 1.807) is 31.3 Å². The summed E-state index contributed by atoms with van der Waals surface area (Å²) < 4.78 is 1.82. The molecule has 2 aromatic heterocycles. The van der Waals surface area contributed by atoms with Gasteiger partial charge in [0.15, 0.2) is 0 Å². The third kappa shape index (κ3) is 1.92. The van der Waals surface area contributed by atoms with Crippen LogP contribution in [0.2, 0.25) is 10.0 Å². The number of aryl methyl sites for hydroxylation is 2. The lowest BCUT2D eigenvalue weighted by atomic mass is 10.1. The SMILES string of the molecule is Cc1nc2c(-c3c(Cl)cccc3Cl)n(C)cc2c(=O)[nH]1. The van der Waals surface area contributed by atoms with Crippen molar-refractivity contribution in [1.29, 1.82) is 0 Å². The summed E-state index contributed by atoms with van der Waals surface area (Å²) in [6.45, 7) is 1.74. The van der Waals surface area contributed by atoms with Crippen molar-refractivity contribution in [3.05, 3.63) is 50.6 Å². The first kappa shape index (κ1) is 13.2. The molecule has 1 N–H and O–H groups in total. The van der Waals surface area contributed by atoms with Gasteiger partial charge in [-0.3, -0.25) is 4.79 Å². The van der Waals surface area contributed by atoms with Crippen LogP contribution in [-0.2, 0) is 7.05 Å². The highest BCUT2D eigenvalue weighted by Gasteiger charge is 2.18. The Balaban J connectivity index is 2.49. The molecule has 0 aliphatic heterocycles. The number of benzene rings is 1. The maximum Gasteiger partial charge on any atom is 0.260 e. The number of aromatic amines is 1. The molecule has 0 bridgehead atoms. The van der Waals surface area contributed by atoms with Gasteiger partial charge in [-0.15, -0.1) is 0 Å². The van der Waals surface area contributed by atoms with Gasteiger partial charge in [-0.25, -0.2) is 4.98 Å². The van der Waals surface area contributed by atoms with E-state index in [4.69, 9.17) is 23.2 Å². The predicted octanol–water partition coefficient (Wildman–Crippen LogP) is 3.54. The van der Waals surface area contributed by atoms with Crippen molar-refractivity contribution in [1.82, 2.24) is 14.5 Å². The minimum atomic E-state index is -0.169. The lowest BCUT2D eigenvalue weighted by molar-refractivity contribution is 0.941. The summed E-state index contributed by atoms with van der Waals surface area (Å²) >= 11 is 12.5. The molecule has 3 aromatic rings. The second kappa shape index (κ2) is 4.65. The first-order valence-corrected chi connectivity index (χ1v) is 6.75. The number of nitrogens with zero attached hydrogens (tertiary/aromatic N) is 2. The number of rotatable bonds is 1. The largest absolute Gasteiger partial charge is 0.348 e. The van der Waals surface area contributed by atoms with Crippen LogP contribution in [0.15, 0.2) is 29.2 Å². The first-order valence-electron chi connectivity index (χ1n) is 5.99. The van der Waals surface area contributed by atoms with Gasteiger partial charge >= 0.3 is 0 Å². The van der Waals surface area contributed by atoms with Gasteiger partial charge in [-0.1, -0.05) is 29.3 Å². The molecule has 6 heteroatoms. The fourth-order valence-corrected chi connectivity index (χ4v) is 2.92. The van der Waals surface area contributed by atoms with E-state index >= 15 is 0 Å². The van der Waals surface area contributed by atoms with Crippen molar-refractivity contribution in [3.8, 4) is 11.3 Å². The summed E-state index contributed by atoms with van der Waals surface area (Å²) in [4.78, 5) is 19.1. The second-order valence-corrected chi connectivity index (χ2v) is 5.41. The molecule has 0 radical (unpaired) electrons. The van der Waals surface area contributed by atoms with Crippen LogP contribution in [0.1, 0.15) is 5.82 Å². The van der Waals surface area contributed by atoms with Crippen LogP contribution in [0, 0.1) is 6.92 Å². The molecule has 2 heterocycles. The zero-order valence-corrected chi connectivity index (χ0v) is 12.4. The minimum absolute atomic E-state index is 0.169. The van der Waals surface area contributed by atoms with Gasteiger partial charge in [-0.05, 0) is 19.1 Å². The van der Waals surface area contributed by atoms with Crippen LogP contribution in [0.5, 0.6) is 0 Å². The minimum Gasteiger partial charge on any atom is -0.348 e.